The molecule has 37 heavy (non-hydrogen) atoms. The minimum atomic E-state index is -0.823. The molecule has 2 aliphatic rings. The summed E-state index contributed by atoms with van der Waals surface area (Å²) in [5.41, 5.74) is 10.7. The first kappa shape index (κ1) is 23.3. The number of carboxylic acids is 1. The maximum Gasteiger partial charge on any atom is 0.304 e. The van der Waals surface area contributed by atoms with E-state index in [0.29, 0.717) is 18.3 Å². The van der Waals surface area contributed by atoms with Crippen molar-refractivity contribution in [2.45, 2.75) is 51.4 Å². The Labute approximate surface area is 215 Å². The summed E-state index contributed by atoms with van der Waals surface area (Å²) in [6, 6.07) is 13.0. The van der Waals surface area contributed by atoms with Crippen LogP contribution in [0.25, 0.3) is 22.5 Å². The molecule has 0 fully saturated rings. The molecular weight excluding hydrogens is 466 g/mol. The van der Waals surface area contributed by atoms with Gasteiger partial charge < -0.3 is 9.84 Å². The van der Waals surface area contributed by atoms with E-state index in [1.807, 2.05) is 6.20 Å². The van der Waals surface area contributed by atoms with Gasteiger partial charge in [-0.05, 0) is 101 Å². The van der Waals surface area contributed by atoms with Gasteiger partial charge in [0.05, 0.1) is 25.8 Å². The highest BCUT2D eigenvalue weighted by Crippen LogP contribution is 2.43. The molecule has 188 valence electrons. The summed E-state index contributed by atoms with van der Waals surface area (Å²) >= 11 is 0. The van der Waals surface area contributed by atoms with Crippen molar-refractivity contribution in [3.63, 3.8) is 0 Å². The van der Waals surface area contributed by atoms with E-state index < -0.39 is 5.97 Å². The average molecular weight is 496 g/mol. The van der Waals surface area contributed by atoms with Gasteiger partial charge in [-0.25, -0.2) is 0 Å². The highest BCUT2D eigenvalue weighted by atomic mass is 16.5. The highest BCUT2D eigenvalue weighted by molar-refractivity contribution is 5.78. The molecule has 4 aromatic rings. The fourth-order valence-corrected chi connectivity index (χ4v) is 6.05. The lowest BCUT2D eigenvalue weighted by Gasteiger charge is -2.17. The maximum atomic E-state index is 11.1. The molecular formula is C29H29N5O3. The molecule has 2 aromatic heterocycles. The largest absolute Gasteiger partial charge is 0.491 e. The van der Waals surface area contributed by atoms with E-state index in [1.54, 1.807) is 7.05 Å². The van der Waals surface area contributed by atoms with Crippen LogP contribution in [0.3, 0.4) is 0 Å². The van der Waals surface area contributed by atoms with Crippen molar-refractivity contribution in [1.29, 1.82) is 0 Å². The number of nitrogens with zero attached hydrogens (tertiary/aromatic N) is 5. The highest BCUT2D eigenvalue weighted by Gasteiger charge is 2.30. The van der Waals surface area contributed by atoms with Gasteiger partial charge in [-0.3, -0.25) is 9.78 Å². The fraction of sp³-hybridized carbons (Fsp3) is 0.345. The molecule has 8 nitrogen and oxygen atoms in total. The van der Waals surface area contributed by atoms with Crippen molar-refractivity contribution in [3.05, 3.63) is 76.1 Å². The standard InChI is InChI=1S/C29H29N5O3/c1-16-9-20(29-31-33-34(3)32-29)10-17(2)27(16)24-6-4-5-22-19(7-8-23(22)24)11-18-12-25-28(30-14-18)21(15-37-25)13-26(35)36/h4-6,9-10,12,14,19,21H,7-8,11,13,15H2,1-3H3,(H,35,36)/t19-,21+/m0/s1. The molecule has 0 unspecified atom stereocenters. The molecule has 2 atom stereocenters. The number of aryl methyl sites for hydroxylation is 3. The number of fused-ring (bicyclic) bond motifs is 2. The molecule has 0 bridgehead atoms. The van der Waals surface area contributed by atoms with Crippen LogP contribution in [0.15, 0.2) is 42.6 Å². The molecule has 0 saturated carbocycles. The molecule has 0 amide bonds. The molecule has 0 radical (unpaired) electrons. The van der Waals surface area contributed by atoms with E-state index in [4.69, 9.17) is 9.84 Å². The van der Waals surface area contributed by atoms with Crippen LogP contribution in [0.1, 0.15) is 58.2 Å². The van der Waals surface area contributed by atoms with Crippen LogP contribution in [0.5, 0.6) is 5.75 Å². The second-order valence-corrected chi connectivity index (χ2v) is 10.2. The van der Waals surface area contributed by atoms with Gasteiger partial charge in [-0.15, -0.1) is 10.2 Å². The third kappa shape index (κ3) is 4.26. The number of carboxylic acid groups (broad SMARTS) is 1. The number of hydrogen-bond acceptors (Lipinski definition) is 6. The first-order valence-electron chi connectivity index (χ1n) is 12.7. The van der Waals surface area contributed by atoms with Crippen LogP contribution in [-0.2, 0) is 24.7 Å². The van der Waals surface area contributed by atoms with Gasteiger partial charge in [0.15, 0.2) is 0 Å². The maximum absolute atomic E-state index is 11.1. The quantitative estimate of drug-likeness (QED) is 0.411. The number of pyridine rings is 1. The van der Waals surface area contributed by atoms with E-state index >= 15 is 0 Å². The Morgan fingerprint density at radius 2 is 1.97 bits per heavy atom. The van der Waals surface area contributed by atoms with Crippen molar-refractivity contribution in [3.8, 4) is 28.3 Å². The number of tetrazole rings is 1. The molecule has 1 aliphatic carbocycles. The number of hydrogen-bond donors (Lipinski definition) is 1. The minimum absolute atomic E-state index is 0.0488. The summed E-state index contributed by atoms with van der Waals surface area (Å²) in [7, 11) is 1.77. The number of rotatable bonds is 6. The van der Waals surface area contributed by atoms with E-state index in [-0.39, 0.29) is 12.3 Å². The topological polar surface area (TPSA) is 103 Å². The van der Waals surface area contributed by atoms with Crippen LogP contribution >= 0.6 is 0 Å². The van der Waals surface area contributed by atoms with Gasteiger partial charge in [0.25, 0.3) is 0 Å². The predicted molar refractivity (Wildman–Crippen MR) is 139 cm³/mol. The molecule has 8 heteroatoms. The van der Waals surface area contributed by atoms with Gasteiger partial charge in [0.1, 0.15) is 5.75 Å². The molecule has 1 N–H and O–H groups in total. The number of benzene rings is 2. The lowest BCUT2D eigenvalue weighted by atomic mass is 9.87. The lowest BCUT2D eigenvalue weighted by molar-refractivity contribution is -0.137. The molecule has 6 rings (SSSR count). The smallest absolute Gasteiger partial charge is 0.304 e. The third-order valence-corrected chi connectivity index (χ3v) is 7.63. The Kier molecular flexibility index (Phi) is 5.74. The SMILES string of the molecule is Cc1cc(-c2nnn(C)n2)cc(C)c1-c1cccc2c1CC[C@H]2Cc1cnc2c(c1)OC[C@H]2CC(=O)O. The number of aromatic nitrogens is 5. The normalized spacial score (nSPS) is 17.9. The van der Waals surface area contributed by atoms with E-state index in [9.17, 15) is 4.79 Å². The van der Waals surface area contributed by atoms with E-state index in [1.165, 1.54) is 38.2 Å². The number of carbonyl (C=O) groups is 1. The summed E-state index contributed by atoms with van der Waals surface area (Å²) in [6.45, 7) is 4.70. The molecule has 3 heterocycles. The van der Waals surface area contributed by atoms with Crippen molar-refractivity contribution in [2.75, 3.05) is 6.61 Å². The van der Waals surface area contributed by atoms with E-state index in [2.05, 4.69) is 70.6 Å². The second kappa shape index (κ2) is 9.10. The Bertz CT molecular complexity index is 1500. The van der Waals surface area contributed by atoms with Gasteiger partial charge in [0, 0.05) is 17.7 Å². The Morgan fingerprint density at radius 1 is 1.16 bits per heavy atom. The van der Waals surface area contributed by atoms with Crippen LogP contribution in [0.4, 0.5) is 0 Å². The third-order valence-electron chi connectivity index (χ3n) is 7.63. The van der Waals surface area contributed by atoms with E-state index in [0.717, 1.165) is 41.8 Å². The van der Waals surface area contributed by atoms with Gasteiger partial charge >= 0.3 is 5.97 Å². The number of aliphatic carboxylic acids is 1. The summed E-state index contributed by atoms with van der Waals surface area (Å²) in [5, 5.41) is 21.7. The summed E-state index contributed by atoms with van der Waals surface area (Å²) in [6.07, 6.45) is 4.97. The zero-order valence-corrected chi connectivity index (χ0v) is 21.2. The first-order chi connectivity index (χ1) is 17.9. The average Bonchev–Trinajstić information content (AvgIpc) is 3.58. The number of ether oxygens (including phenoxy) is 1. The van der Waals surface area contributed by atoms with Gasteiger partial charge in [-0.1, -0.05) is 18.2 Å². The second-order valence-electron chi connectivity index (χ2n) is 10.2. The van der Waals surface area contributed by atoms with Gasteiger partial charge in [-0.2, -0.15) is 4.80 Å². The predicted octanol–water partition coefficient (Wildman–Crippen LogP) is 4.78. The Hall–Kier alpha value is -4.07. The van der Waals surface area contributed by atoms with Crippen LogP contribution in [-0.4, -0.2) is 42.9 Å². The van der Waals surface area contributed by atoms with Crippen molar-refractivity contribution in [2.24, 2.45) is 7.05 Å². The van der Waals surface area contributed by atoms with Crippen LogP contribution in [0.2, 0.25) is 0 Å². The summed E-state index contributed by atoms with van der Waals surface area (Å²) < 4.78 is 5.79. The molecule has 0 saturated heterocycles. The van der Waals surface area contributed by atoms with Crippen molar-refractivity contribution >= 4 is 5.97 Å². The Balaban J connectivity index is 1.28. The van der Waals surface area contributed by atoms with Crippen LogP contribution in [0, 0.1) is 13.8 Å². The minimum Gasteiger partial charge on any atom is -0.491 e. The fourth-order valence-electron chi connectivity index (χ4n) is 6.05. The van der Waals surface area contributed by atoms with Crippen molar-refractivity contribution in [1.82, 2.24) is 25.2 Å². The zero-order chi connectivity index (χ0) is 25.7. The monoisotopic (exact) mass is 495 g/mol. The molecule has 0 spiro atoms. The Morgan fingerprint density at radius 3 is 2.70 bits per heavy atom. The van der Waals surface area contributed by atoms with Crippen molar-refractivity contribution < 1.29 is 14.6 Å². The molecule has 1 aliphatic heterocycles. The summed E-state index contributed by atoms with van der Waals surface area (Å²) in [4.78, 5) is 17.2. The molecule has 2 aromatic carbocycles. The zero-order valence-electron chi connectivity index (χ0n) is 21.2. The van der Waals surface area contributed by atoms with Gasteiger partial charge in [0.2, 0.25) is 5.82 Å². The lowest BCUT2D eigenvalue weighted by Crippen LogP contribution is -2.08. The van der Waals surface area contributed by atoms with Crippen LogP contribution < -0.4 is 4.74 Å². The first-order valence-corrected chi connectivity index (χ1v) is 12.7. The summed E-state index contributed by atoms with van der Waals surface area (Å²) in [5.74, 6) is 0.796.